The highest BCUT2D eigenvalue weighted by Gasteiger charge is 2.51. The molecule has 0 aromatic rings. The van der Waals surface area contributed by atoms with E-state index in [1.54, 1.807) is 0 Å². The van der Waals surface area contributed by atoms with Gasteiger partial charge in [0.25, 0.3) is 0 Å². The van der Waals surface area contributed by atoms with E-state index in [0.717, 1.165) is 45.1 Å². The van der Waals surface area contributed by atoms with Crippen molar-refractivity contribution in [3.05, 3.63) is 0 Å². The molecule has 1 N–H and O–H groups in total. The molecule has 0 unspecified atom stereocenters. The predicted molar refractivity (Wildman–Crippen MR) is 85.1 cm³/mol. The molecule has 2 atom stereocenters. The molecule has 1 aliphatic carbocycles. The van der Waals surface area contributed by atoms with E-state index in [4.69, 9.17) is 0 Å². The van der Waals surface area contributed by atoms with Crippen molar-refractivity contribution in [3.63, 3.8) is 0 Å². The molecule has 3 aliphatic rings. The predicted octanol–water partition coefficient (Wildman–Crippen LogP) is 1.57. The molecule has 2 saturated heterocycles. The Kier molecular flexibility index (Phi) is 4.55. The Hall–Kier alpha value is -0.610. The number of fused-ring (bicyclic) bond motifs is 1. The van der Waals surface area contributed by atoms with Crippen LogP contribution in [-0.2, 0) is 4.79 Å². The first kappa shape index (κ1) is 15.3. The van der Waals surface area contributed by atoms with Crippen molar-refractivity contribution in [3.8, 4) is 0 Å². The minimum Gasteiger partial charge on any atom is -0.342 e. The van der Waals surface area contributed by atoms with Crippen LogP contribution in [0.3, 0.4) is 0 Å². The largest absolute Gasteiger partial charge is 0.342 e. The van der Waals surface area contributed by atoms with Gasteiger partial charge in [0.15, 0.2) is 0 Å². The summed E-state index contributed by atoms with van der Waals surface area (Å²) in [6.45, 7) is 5.10. The van der Waals surface area contributed by atoms with Crippen molar-refractivity contribution in [1.29, 1.82) is 0 Å². The summed E-state index contributed by atoms with van der Waals surface area (Å²) in [5.41, 5.74) is -0.0490. The second kappa shape index (κ2) is 6.25. The second-order valence-corrected chi connectivity index (χ2v) is 7.73. The molecule has 2 heterocycles. The van der Waals surface area contributed by atoms with Crippen LogP contribution < -0.4 is 5.32 Å². The Morgan fingerprint density at radius 1 is 1.24 bits per heavy atom. The van der Waals surface area contributed by atoms with Gasteiger partial charge in [0.05, 0.1) is 5.41 Å². The van der Waals surface area contributed by atoms with Gasteiger partial charge in [-0.1, -0.05) is 12.8 Å². The number of hydrogen-bond donors (Lipinski definition) is 1. The number of hydrogen-bond acceptors (Lipinski definition) is 3. The highest BCUT2D eigenvalue weighted by molar-refractivity contribution is 5.84. The molecule has 4 nitrogen and oxygen atoms in total. The van der Waals surface area contributed by atoms with Crippen molar-refractivity contribution in [1.82, 2.24) is 15.1 Å². The smallest absolute Gasteiger partial charge is 0.230 e. The van der Waals surface area contributed by atoms with E-state index < -0.39 is 0 Å². The molecule has 0 bridgehead atoms. The van der Waals surface area contributed by atoms with E-state index in [1.165, 1.54) is 32.1 Å². The molecule has 0 radical (unpaired) electrons. The Balaban J connectivity index is 1.61. The summed E-state index contributed by atoms with van der Waals surface area (Å²) >= 11 is 0. The third-order valence-electron chi connectivity index (χ3n) is 5.99. The van der Waals surface area contributed by atoms with Crippen LogP contribution in [0.1, 0.15) is 38.5 Å². The average molecular weight is 293 g/mol. The highest BCUT2D eigenvalue weighted by Crippen LogP contribution is 2.45. The van der Waals surface area contributed by atoms with Crippen LogP contribution in [0.4, 0.5) is 0 Å². The summed E-state index contributed by atoms with van der Waals surface area (Å²) in [7, 11) is 4.29. The van der Waals surface area contributed by atoms with Crippen molar-refractivity contribution in [2.24, 2.45) is 17.3 Å². The SMILES string of the molecule is CN(C)CC1CCN(C(=O)[C@@]23CCCC[C@H]2CNC3)CC1. The van der Waals surface area contributed by atoms with E-state index in [1.807, 2.05) is 0 Å². The van der Waals surface area contributed by atoms with Crippen LogP contribution in [0.25, 0.3) is 0 Å². The van der Waals surface area contributed by atoms with E-state index in [9.17, 15) is 4.79 Å². The number of carbonyl (C=O) groups is 1. The van der Waals surface area contributed by atoms with E-state index in [0.29, 0.717) is 11.8 Å². The highest BCUT2D eigenvalue weighted by atomic mass is 16.2. The lowest BCUT2D eigenvalue weighted by Gasteiger charge is -2.43. The number of nitrogens with zero attached hydrogens (tertiary/aromatic N) is 2. The molecule has 0 aromatic carbocycles. The van der Waals surface area contributed by atoms with Gasteiger partial charge in [-0.15, -0.1) is 0 Å². The van der Waals surface area contributed by atoms with Gasteiger partial charge in [-0.05, 0) is 58.2 Å². The Labute approximate surface area is 129 Å². The molecular formula is C17H31N3O. The van der Waals surface area contributed by atoms with E-state index in [-0.39, 0.29) is 5.41 Å². The number of carbonyl (C=O) groups excluding carboxylic acids is 1. The van der Waals surface area contributed by atoms with E-state index in [2.05, 4.69) is 29.2 Å². The van der Waals surface area contributed by atoms with Gasteiger partial charge >= 0.3 is 0 Å². The molecule has 3 fully saturated rings. The summed E-state index contributed by atoms with van der Waals surface area (Å²) in [6, 6.07) is 0. The zero-order chi connectivity index (χ0) is 14.9. The Morgan fingerprint density at radius 2 is 2.00 bits per heavy atom. The van der Waals surface area contributed by atoms with E-state index >= 15 is 0 Å². The Bertz CT molecular complexity index is 376. The van der Waals surface area contributed by atoms with Gasteiger partial charge in [-0.3, -0.25) is 4.79 Å². The van der Waals surface area contributed by atoms with Crippen LogP contribution in [0.2, 0.25) is 0 Å². The fraction of sp³-hybridized carbons (Fsp3) is 0.941. The van der Waals surface area contributed by atoms with Crippen LogP contribution in [0.15, 0.2) is 0 Å². The van der Waals surface area contributed by atoms with Gasteiger partial charge in [-0.25, -0.2) is 0 Å². The molecule has 1 saturated carbocycles. The zero-order valence-electron chi connectivity index (χ0n) is 13.7. The molecule has 1 amide bonds. The molecular weight excluding hydrogens is 262 g/mol. The third kappa shape index (κ3) is 2.98. The summed E-state index contributed by atoms with van der Waals surface area (Å²) in [5.74, 6) is 1.84. The number of rotatable bonds is 3. The van der Waals surface area contributed by atoms with Crippen molar-refractivity contribution in [2.45, 2.75) is 38.5 Å². The molecule has 120 valence electrons. The zero-order valence-corrected chi connectivity index (χ0v) is 13.7. The fourth-order valence-electron chi connectivity index (χ4n) is 4.82. The summed E-state index contributed by atoms with van der Waals surface area (Å²) in [4.78, 5) is 17.6. The standard InChI is InChI=1S/C17H31N3O/c1-19(2)12-14-6-9-20(10-7-14)16(21)17-8-4-3-5-15(17)11-18-13-17/h14-15,18H,3-13H2,1-2H3/t15-,17+/m0/s1. The van der Waals surface area contributed by atoms with Crippen molar-refractivity contribution in [2.75, 3.05) is 46.8 Å². The number of likely N-dealkylation sites (tertiary alicyclic amines) is 1. The summed E-state index contributed by atoms with van der Waals surface area (Å²) in [6.07, 6.45) is 7.26. The van der Waals surface area contributed by atoms with Crippen LogP contribution in [-0.4, -0.2) is 62.5 Å². The number of piperidine rings is 1. The topological polar surface area (TPSA) is 35.6 Å². The van der Waals surface area contributed by atoms with Crippen LogP contribution in [0.5, 0.6) is 0 Å². The van der Waals surface area contributed by atoms with Gasteiger partial charge in [0.2, 0.25) is 5.91 Å². The first-order valence-corrected chi connectivity index (χ1v) is 8.76. The first-order chi connectivity index (χ1) is 10.1. The molecule has 21 heavy (non-hydrogen) atoms. The van der Waals surface area contributed by atoms with Crippen molar-refractivity contribution >= 4 is 5.91 Å². The van der Waals surface area contributed by atoms with Gasteiger partial charge in [-0.2, -0.15) is 0 Å². The van der Waals surface area contributed by atoms with Crippen molar-refractivity contribution < 1.29 is 4.79 Å². The minimum atomic E-state index is -0.0490. The molecule has 0 spiro atoms. The quantitative estimate of drug-likeness (QED) is 0.858. The van der Waals surface area contributed by atoms with Gasteiger partial charge in [0, 0.05) is 26.2 Å². The lowest BCUT2D eigenvalue weighted by atomic mass is 9.67. The number of nitrogens with one attached hydrogen (secondary N) is 1. The van der Waals surface area contributed by atoms with Crippen LogP contribution >= 0.6 is 0 Å². The fourth-order valence-corrected chi connectivity index (χ4v) is 4.82. The lowest BCUT2D eigenvalue weighted by molar-refractivity contribution is -0.146. The maximum absolute atomic E-state index is 13.2. The summed E-state index contributed by atoms with van der Waals surface area (Å²) in [5, 5.41) is 3.51. The molecule has 2 aliphatic heterocycles. The third-order valence-corrected chi connectivity index (χ3v) is 5.99. The average Bonchev–Trinajstić information content (AvgIpc) is 2.91. The normalized spacial score (nSPS) is 34.2. The molecule has 3 rings (SSSR count). The summed E-state index contributed by atoms with van der Waals surface area (Å²) < 4.78 is 0. The Morgan fingerprint density at radius 3 is 2.71 bits per heavy atom. The lowest BCUT2D eigenvalue weighted by Crippen LogP contribution is -2.52. The monoisotopic (exact) mass is 293 g/mol. The molecule has 0 aromatic heterocycles. The molecule has 4 heteroatoms. The first-order valence-electron chi connectivity index (χ1n) is 8.76. The number of amides is 1. The van der Waals surface area contributed by atoms with Gasteiger partial charge < -0.3 is 15.1 Å². The second-order valence-electron chi connectivity index (χ2n) is 7.73. The maximum atomic E-state index is 13.2. The van der Waals surface area contributed by atoms with Gasteiger partial charge in [0.1, 0.15) is 0 Å². The minimum absolute atomic E-state index is 0.0490. The maximum Gasteiger partial charge on any atom is 0.230 e. The van der Waals surface area contributed by atoms with Crippen LogP contribution in [0, 0.1) is 17.3 Å².